The Hall–Kier alpha value is -1.24. The molecule has 0 aliphatic carbocycles. The van der Waals surface area contributed by atoms with Crippen molar-refractivity contribution in [3.8, 4) is 0 Å². The highest BCUT2D eigenvalue weighted by Gasteiger charge is 2.22. The lowest BCUT2D eigenvalue weighted by Gasteiger charge is -2.14. The van der Waals surface area contributed by atoms with Gasteiger partial charge in [0, 0.05) is 29.4 Å². The smallest absolute Gasteiger partial charge is 0.251 e. The molecular formula is C16H24ClN3O2S. The number of hydrogen-bond donors (Lipinski definition) is 3. The van der Waals surface area contributed by atoms with Crippen LogP contribution in [-0.4, -0.2) is 36.0 Å². The van der Waals surface area contributed by atoms with E-state index in [9.17, 15) is 9.59 Å². The maximum absolute atomic E-state index is 12.1. The summed E-state index contributed by atoms with van der Waals surface area (Å²) in [4.78, 5) is 24.1. The summed E-state index contributed by atoms with van der Waals surface area (Å²) in [5.41, 5.74) is 2.26. The third-order valence-electron chi connectivity index (χ3n) is 3.45. The molecule has 2 amide bonds. The lowest BCUT2D eigenvalue weighted by molar-refractivity contribution is -0.117. The molecule has 3 N–H and O–H groups in total. The van der Waals surface area contributed by atoms with E-state index >= 15 is 0 Å². The van der Waals surface area contributed by atoms with Crippen LogP contribution < -0.4 is 16.0 Å². The zero-order valence-corrected chi connectivity index (χ0v) is 15.3. The number of aryl methyl sites for hydroxylation is 1. The molecule has 1 saturated heterocycles. The molecule has 5 nitrogen and oxygen atoms in total. The Labute approximate surface area is 147 Å². The first-order valence-corrected chi connectivity index (χ1v) is 8.63. The van der Waals surface area contributed by atoms with Gasteiger partial charge < -0.3 is 10.6 Å². The molecule has 1 unspecified atom stereocenters. The van der Waals surface area contributed by atoms with Gasteiger partial charge in [0.1, 0.15) is 0 Å². The average molecular weight is 358 g/mol. The van der Waals surface area contributed by atoms with Crippen LogP contribution in [0.15, 0.2) is 18.2 Å². The molecule has 1 heterocycles. The van der Waals surface area contributed by atoms with E-state index in [1.165, 1.54) is 0 Å². The number of carbonyl (C=O) groups is 2. The Kier molecular flexibility index (Phi) is 7.88. The van der Waals surface area contributed by atoms with Gasteiger partial charge in [-0.25, -0.2) is 0 Å². The van der Waals surface area contributed by atoms with Gasteiger partial charge in [-0.2, -0.15) is 0 Å². The van der Waals surface area contributed by atoms with E-state index < -0.39 is 0 Å². The molecule has 1 aliphatic rings. The molecule has 0 spiro atoms. The second kappa shape index (κ2) is 9.15. The van der Waals surface area contributed by atoms with Crippen LogP contribution >= 0.6 is 24.2 Å². The summed E-state index contributed by atoms with van der Waals surface area (Å²) in [5, 5.41) is 8.95. The van der Waals surface area contributed by atoms with Gasteiger partial charge in [-0.05, 0) is 36.6 Å². The van der Waals surface area contributed by atoms with Gasteiger partial charge >= 0.3 is 0 Å². The fourth-order valence-electron chi connectivity index (χ4n) is 2.13. The second-order valence-corrected chi connectivity index (χ2v) is 6.92. The van der Waals surface area contributed by atoms with Crippen molar-refractivity contribution in [3.05, 3.63) is 29.3 Å². The molecule has 1 fully saturated rings. The van der Waals surface area contributed by atoms with Crippen LogP contribution in [0, 0.1) is 12.8 Å². The van der Waals surface area contributed by atoms with Crippen molar-refractivity contribution >= 4 is 41.7 Å². The number of hydrogen-bond acceptors (Lipinski definition) is 4. The molecule has 0 radical (unpaired) electrons. The van der Waals surface area contributed by atoms with Gasteiger partial charge in [-0.15, -0.1) is 24.2 Å². The number of anilines is 1. The molecule has 2 rings (SSSR count). The van der Waals surface area contributed by atoms with Crippen molar-refractivity contribution in [3.63, 3.8) is 0 Å². The first-order chi connectivity index (χ1) is 10.5. The van der Waals surface area contributed by atoms with Crippen LogP contribution in [0.25, 0.3) is 0 Å². The van der Waals surface area contributed by atoms with E-state index in [0.29, 0.717) is 18.0 Å². The van der Waals surface area contributed by atoms with Gasteiger partial charge in [0.2, 0.25) is 5.91 Å². The van der Waals surface area contributed by atoms with Crippen molar-refractivity contribution < 1.29 is 9.59 Å². The zero-order chi connectivity index (χ0) is 16.1. The Morgan fingerprint density at radius 3 is 2.70 bits per heavy atom. The third-order valence-corrected chi connectivity index (χ3v) is 4.39. The number of amides is 2. The molecule has 0 aromatic heterocycles. The summed E-state index contributed by atoms with van der Waals surface area (Å²) in [6.07, 6.45) is 0. The van der Waals surface area contributed by atoms with Crippen LogP contribution in [0.2, 0.25) is 0 Å². The Morgan fingerprint density at radius 1 is 1.39 bits per heavy atom. The van der Waals surface area contributed by atoms with Crippen molar-refractivity contribution in [1.82, 2.24) is 10.6 Å². The minimum atomic E-state index is -0.140. The summed E-state index contributed by atoms with van der Waals surface area (Å²) in [7, 11) is 0. The van der Waals surface area contributed by atoms with E-state index in [1.54, 1.807) is 23.9 Å². The molecular weight excluding hydrogens is 334 g/mol. The van der Waals surface area contributed by atoms with Crippen LogP contribution in [0.1, 0.15) is 29.8 Å². The molecule has 1 atom stereocenters. The van der Waals surface area contributed by atoms with E-state index in [2.05, 4.69) is 29.8 Å². The van der Waals surface area contributed by atoms with Crippen molar-refractivity contribution in [1.29, 1.82) is 0 Å². The normalized spacial score (nSPS) is 16.8. The number of carbonyl (C=O) groups excluding carboxylic acids is 2. The van der Waals surface area contributed by atoms with Crippen molar-refractivity contribution in [2.75, 3.05) is 23.5 Å². The fraction of sp³-hybridized carbons (Fsp3) is 0.500. The molecule has 23 heavy (non-hydrogen) atoms. The Morgan fingerprint density at radius 2 is 2.13 bits per heavy atom. The minimum absolute atomic E-state index is 0. The molecule has 7 heteroatoms. The maximum Gasteiger partial charge on any atom is 0.251 e. The number of nitrogens with one attached hydrogen (secondary N) is 3. The summed E-state index contributed by atoms with van der Waals surface area (Å²) < 4.78 is 0. The van der Waals surface area contributed by atoms with Gasteiger partial charge in [0.05, 0.1) is 6.04 Å². The van der Waals surface area contributed by atoms with E-state index in [-0.39, 0.29) is 30.3 Å². The quantitative estimate of drug-likeness (QED) is 0.756. The van der Waals surface area contributed by atoms with E-state index in [4.69, 9.17) is 0 Å². The number of benzene rings is 1. The van der Waals surface area contributed by atoms with Gasteiger partial charge in [0.25, 0.3) is 5.91 Å². The standard InChI is InChI=1S/C16H23N3O2S.ClH/c1-10(2)7-17-15(20)12-4-5-13(11(3)6-12)19-16(21)14-8-22-9-18-14;/h4-6,10,14,18H,7-9H2,1-3H3,(H,17,20)(H,19,21);1H. The second-order valence-electron chi connectivity index (χ2n) is 5.89. The summed E-state index contributed by atoms with van der Waals surface area (Å²) in [5.74, 6) is 1.92. The number of thioether (sulfide) groups is 1. The summed E-state index contributed by atoms with van der Waals surface area (Å²) in [6, 6.07) is 5.20. The zero-order valence-electron chi connectivity index (χ0n) is 13.6. The molecule has 1 aromatic carbocycles. The van der Waals surface area contributed by atoms with Crippen molar-refractivity contribution in [2.24, 2.45) is 5.92 Å². The van der Waals surface area contributed by atoms with Crippen molar-refractivity contribution in [2.45, 2.75) is 26.8 Å². The number of rotatable bonds is 5. The van der Waals surface area contributed by atoms with Crippen LogP contribution in [0.3, 0.4) is 0 Å². The lowest BCUT2D eigenvalue weighted by Crippen LogP contribution is -2.37. The largest absolute Gasteiger partial charge is 0.352 e. The molecule has 1 aromatic rings. The molecule has 0 bridgehead atoms. The first kappa shape index (κ1) is 19.8. The highest BCUT2D eigenvalue weighted by molar-refractivity contribution is 7.99. The first-order valence-electron chi connectivity index (χ1n) is 7.48. The average Bonchev–Trinajstić information content (AvgIpc) is 3.01. The third kappa shape index (κ3) is 5.71. The predicted octanol–water partition coefficient (Wildman–Crippen LogP) is 2.40. The van der Waals surface area contributed by atoms with E-state index in [1.807, 2.05) is 13.0 Å². The fourth-order valence-corrected chi connectivity index (χ4v) is 3.07. The maximum atomic E-state index is 12.1. The number of halogens is 1. The van der Waals surface area contributed by atoms with Crippen LogP contribution in [-0.2, 0) is 4.79 Å². The molecule has 128 valence electrons. The van der Waals surface area contributed by atoms with Gasteiger partial charge in [0.15, 0.2) is 0 Å². The minimum Gasteiger partial charge on any atom is -0.352 e. The summed E-state index contributed by atoms with van der Waals surface area (Å²) in [6.45, 7) is 6.66. The summed E-state index contributed by atoms with van der Waals surface area (Å²) >= 11 is 1.71. The highest BCUT2D eigenvalue weighted by atomic mass is 35.5. The predicted molar refractivity (Wildman–Crippen MR) is 98.5 cm³/mol. The van der Waals surface area contributed by atoms with Gasteiger partial charge in [-0.1, -0.05) is 13.8 Å². The molecule has 1 aliphatic heterocycles. The highest BCUT2D eigenvalue weighted by Crippen LogP contribution is 2.18. The SMILES string of the molecule is Cc1cc(C(=O)NCC(C)C)ccc1NC(=O)C1CSCN1.Cl. The topological polar surface area (TPSA) is 70.2 Å². The Balaban J connectivity index is 0.00000264. The van der Waals surface area contributed by atoms with Crippen LogP contribution in [0.5, 0.6) is 0 Å². The molecule has 0 saturated carbocycles. The lowest BCUT2D eigenvalue weighted by atomic mass is 10.1. The van der Waals surface area contributed by atoms with Gasteiger partial charge in [-0.3, -0.25) is 14.9 Å². The van der Waals surface area contributed by atoms with E-state index in [0.717, 1.165) is 22.9 Å². The monoisotopic (exact) mass is 357 g/mol. The Bertz CT molecular complexity index is 560. The van der Waals surface area contributed by atoms with Crippen LogP contribution in [0.4, 0.5) is 5.69 Å².